The Morgan fingerprint density at radius 3 is 2.52 bits per heavy atom. The van der Waals surface area contributed by atoms with Gasteiger partial charge in [0, 0.05) is 43.1 Å². The van der Waals surface area contributed by atoms with Crippen molar-refractivity contribution in [3.8, 4) is 0 Å². The maximum Gasteiger partial charge on any atom is 0.220 e. The van der Waals surface area contributed by atoms with Crippen molar-refractivity contribution >= 4 is 33.3 Å². The molecule has 1 aliphatic rings. The number of carbonyl (C=O) groups excluding carboxylic acids is 2. The van der Waals surface area contributed by atoms with E-state index in [9.17, 15) is 18.0 Å². The minimum atomic E-state index is -3.32. The van der Waals surface area contributed by atoms with Gasteiger partial charge in [0.05, 0.1) is 5.75 Å². The van der Waals surface area contributed by atoms with E-state index in [1.54, 1.807) is 24.3 Å². The van der Waals surface area contributed by atoms with E-state index in [4.69, 9.17) is 11.6 Å². The quantitative estimate of drug-likeness (QED) is 0.694. The molecule has 0 spiro atoms. The number of amides is 1. The molecule has 0 radical (unpaired) electrons. The molecule has 1 amide bonds. The molecule has 0 atom stereocenters. The first-order valence-corrected chi connectivity index (χ1v) is 10.4. The van der Waals surface area contributed by atoms with Crippen molar-refractivity contribution in [1.82, 2.24) is 9.62 Å². The topological polar surface area (TPSA) is 83.5 Å². The third-order valence-corrected chi connectivity index (χ3v) is 6.22. The molecule has 0 bridgehead atoms. The van der Waals surface area contributed by atoms with Crippen LogP contribution in [0.1, 0.15) is 42.5 Å². The highest BCUT2D eigenvalue weighted by atomic mass is 35.5. The summed E-state index contributed by atoms with van der Waals surface area (Å²) in [6.45, 7) is 1.18. The lowest BCUT2D eigenvalue weighted by atomic mass is 10.1. The molecule has 1 aromatic carbocycles. The SMILES string of the molecule is O=C(CCC(=O)c1cccc(Cl)c1)NCCS(=O)(=O)N1CCCCC1. The maximum absolute atomic E-state index is 12.2. The monoisotopic (exact) mass is 386 g/mol. The van der Waals surface area contributed by atoms with E-state index in [2.05, 4.69) is 5.32 Å². The third-order valence-electron chi connectivity index (χ3n) is 4.12. The lowest BCUT2D eigenvalue weighted by molar-refractivity contribution is -0.120. The van der Waals surface area contributed by atoms with Gasteiger partial charge < -0.3 is 5.32 Å². The summed E-state index contributed by atoms with van der Waals surface area (Å²) in [6.07, 6.45) is 2.91. The second-order valence-electron chi connectivity index (χ2n) is 6.06. The van der Waals surface area contributed by atoms with Gasteiger partial charge in [0.1, 0.15) is 0 Å². The van der Waals surface area contributed by atoms with Crippen LogP contribution in [0.4, 0.5) is 0 Å². The smallest absolute Gasteiger partial charge is 0.220 e. The van der Waals surface area contributed by atoms with Gasteiger partial charge >= 0.3 is 0 Å². The Labute approximate surface area is 153 Å². The van der Waals surface area contributed by atoms with Crippen LogP contribution in [-0.2, 0) is 14.8 Å². The van der Waals surface area contributed by atoms with Crippen LogP contribution in [-0.4, -0.2) is 49.8 Å². The Morgan fingerprint density at radius 2 is 1.84 bits per heavy atom. The van der Waals surface area contributed by atoms with Crippen LogP contribution in [0.5, 0.6) is 0 Å². The molecule has 1 aromatic rings. The second kappa shape index (κ2) is 9.31. The van der Waals surface area contributed by atoms with E-state index in [1.165, 1.54) is 4.31 Å². The molecule has 1 N–H and O–H groups in total. The van der Waals surface area contributed by atoms with E-state index in [1.807, 2.05) is 0 Å². The largest absolute Gasteiger partial charge is 0.355 e. The van der Waals surface area contributed by atoms with Crippen LogP contribution in [0.15, 0.2) is 24.3 Å². The molecule has 2 rings (SSSR count). The lowest BCUT2D eigenvalue weighted by Crippen LogP contribution is -2.40. The predicted molar refractivity (Wildman–Crippen MR) is 97.2 cm³/mol. The first-order valence-electron chi connectivity index (χ1n) is 8.42. The van der Waals surface area contributed by atoms with Crippen LogP contribution < -0.4 is 5.32 Å². The summed E-state index contributed by atoms with van der Waals surface area (Å²) < 4.78 is 25.8. The highest BCUT2D eigenvalue weighted by Gasteiger charge is 2.23. The molecule has 138 valence electrons. The first kappa shape index (κ1) is 19.9. The van der Waals surface area contributed by atoms with E-state index < -0.39 is 10.0 Å². The summed E-state index contributed by atoms with van der Waals surface area (Å²) in [7, 11) is -3.32. The Bertz CT molecular complexity index is 715. The lowest BCUT2D eigenvalue weighted by Gasteiger charge is -2.25. The van der Waals surface area contributed by atoms with Crippen molar-refractivity contribution in [3.63, 3.8) is 0 Å². The van der Waals surface area contributed by atoms with Gasteiger partial charge in [-0.1, -0.05) is 30.2 Å². The molecule has 0 saturated carbocycles. The van der Waals surface area contributed by atoms with Crippen molar-refractivity contribution in [2.45, 2.75) is 32.1 Å². The molecule has 0 aromatic heterocycles. The highest BCUT2D eigenvalue weighted by molar-refractivity contribution is 7.89. The van der Waals surface area contributed by atoms with E-state index in [-0.39, 0.29) is 36.8 Å². The van der Waals surface area contributed by atoms with Gasteiger partial charge in [0.15, 0.2) is 5.78 Å². The standard InChI is InChI=1S/C17H23ClN2O4S/c18-15-6-4-5-14(13-15)16(21)7-8-17(22)19-9-12-25(23,24)20-10-2-1-3-11-20/h4-6,13H,1-3,7-12H2,(H,19,22). The van der Waals surface area contributed by atoms with E-state index in [0.29, 0.717) is 23.7 Å². The number of piperidine rings is 1. The van der Waals surface area contributed by atoms with E-state index >= 15 is 0 Å². The number of sulfonamides is 1. The first-order chi connectivity index (χ1) is 11.9. The Hall–Kier alpha value is -1.44. The predicted octanol–water partition coefficient (Wildman–Crippen LogP) is 2.23. The molecule has 8 heteroatoms. The molecule has 0 unspecified atom stereocenters. The number of hydrogen-bond acceptors (Lipinski definition) is 4. The molecule has 25 heavy (non-hydrogen) atoms. The number of halogens is 1. The Morgan fingerprint density at radius 1 is 1.12 bits per heavy atom. The fourth-order valence-corrected chi connectivity index (χ4v) is 4.34. The zero-order valence-corrected chi connectivity index (χ0v) is 15.6. The molecule has 1 aliphatic heterocycles. The summed E-state index contributed by atoms with van der Waals surface area (Å²) in [5.41, 5.74) is 0.466. The number of hydrogen-bond donors (Lipinski definition) is 1. The van der Waals surface area contributed by atoms with Crippen LogP contribution >= 0.6 is 11.6 Å². The highest BCUT2D eigenvalue weighted by Crippen LogP contribution is 2.14. The maximum atomic E-state index is 12.2. The minimum Gasteiger partial charge on any atom is -0.355 e. The van der Waals surface area contributed by atoms with Gasteiger partial charge in [-0.15, -0.1) is 0 Å². The van der Waals surface area contributed by atoms with Crippen molar-refractivity contribution in [2.75, 3.05) is 25.4 Å². The zero-order valence-electron chi connectivity index (χ0n) is 14.0. The summed E-state index contributed by atoms with van der Waals surface area (Å²) in [4.78, 5) is 23.8. The Kier molecular flexibility index (Phi) is 7.40. The van der Waals surface area contributed by atoms with E-state index in [0.717, 1.165) is 19.3 Å². The second-order valence-corrected chi connectivity index (χ2v) is 8.58. The normalized spacial score (nSPS) is 15.7. The van der Waals surface area contributed by atoms with Crippen molar-refractivity contribution in [3.05, 3.63) is 34.9 Å². The molecular weight excluding hydrogens is 364 g/mol. The average Bonchev–Trinajstić information content (AvgIpc) is 2.60. The molecule has 0 aliphatic carbocycles. The molecular formula is C17H23ClN2O4S. The number of rotatable bonds is 8. The van der Waals surface area contributed by atoms with Crippen molar-refractivity contribution in [2.24, 2.45) is 0 Å². The fraction of sp³-hybridized carbons (Fsp3) is 0.529. The fourth-order valence-electron chi connectivity index (χ4n) is 2.71. The van der Waals surface area contributed by atoms with Crippen LogP contribution in [0.3, 0.4) is 0 Å². The molecule has 1 heterocycles. The minimum absolute atomic E-state index is 0.0229. The molecule has 1 fully saturated rings. The van der Waals surface area contributed by atoms with Crippen molar-refractivity contribution < 1.29 is 18.0 Å². The summed E-state index contributed by atoms with van der Waals surface area (Å²) >= 11 is 5.83. The average molecular weight is 387 g/mol. The number of Topliss-reactive ketones (excluding diaryl/α,β-unsaturated/α-hetero) is 1. The Balaban J connectivity index is 1.71. The van der Waals surface area contributed by atoms with Crippen molar-refractivity contribution in [1.29, 1.82) is 0 Å². The van der Waals surface area contributed by atoms with Crippen LogP contribution in [0, 0.1) is 0 Å². The number of benzene rings is 1. The summed E-state index contributed by atoms with van der Waals surface area (Å²) in [5, 5.41) is 3.04. The van der Waals surface area contributed by atoms with Gasteiger partial charge in [0.25, 0.3) is 0 Å². The summed E-state index contributed by atoms with van der Waals surface area (Å²) in [5.74, 6) is -0.608. The van der Waals surface area contributed by atoms with Gasteiger partial charge in [-0.3, -0.25) is 9.59 Å². The number of carbonyl (C=O) groups is 2. The zero-order chi connectivity index (χ0) is 18.3. The van der Waals surface area contributed by atoms with Gasteiger partial charge in [0.2, 0.25) is 15.9 Å². The van der Waals surface area contributed by atoms with Crippen LogP contribution in [0.2, 0.25) is 5.02 Å². The third kappa shape index (κ3) is 6.41. The number of nitrogens with zero attached hydrogens (tertiary/aromatic N) is 1. The van der Waals surface area contributed by atoms with Gasteiger partial charge in [-0.05, 0) is 25.0 Å². The molecule has 1 saturated heterocycles. The van der Waals surface area contributed by atoms with Gasteiger partial charge in [-0.25, -0.2) is 12.7 Å². The number of ketones is 1. The summed E-state index contributed by atoms with van der Waals surface area (Å²) in [6, 6.07) is 6.57. The van der Waals surface area contributed by atoms with Crippen LogP contribution in [0.25, 0.3) is 0 Å². The van der Waals surface area contributed by atoms with Gasteiger partial charge in [-0.2, -0.15) is 0 Å². The number of nitrogens with one attached hydrogen (secondary N) is 1. The molecule has 6 nitrogen and oxygen atoms in total.